The Labute approximate surface area is 162 Å². The van der Waals surface area contributed by atoms with Gasteiger partial charge in [-0.25, -0.2) is 4.79 Å². The summed E-state index contributed by atoms with van der Waals surface area (Å²) in [6.07, 6.45) is 8.59. The molecule has 0 aliphatic heterocycles. The second-order valence-corrected chi connectivity index (χ2v) is 6.78. The third kappa shape index (κ3) is 7.73. The molecule has 0 amide bonds. The molecule has 27 heavy (non-hydrogen) atoms. The molecule has 0 aliphatic carbocycles. The van der Waals surface area contributed by atoms with Crippen LogP contribution >= 0.6 is 0 Å². The summed E-state index contributed by atoms with van der Waals surface area (Å²) in [4.78, 5) is 12.3. The molecule has 0 radical (unpaired) electrons. The zero-order chi connectivity index (χ0) is 19.3. The molecule has 0 saturated carbocycles. The first kappa shape index (κ1) is 20.8. The first-order valence-corrected chi connectivity index (χ1v) is 9.94. The molecule has 0 fully saturated rings. The van der Waals surface area contributed by atoms with E-state index >= 15 is 0 Å². The Morgan fingerprint density at radius 3 is 2.37 bits per heavy atom. The number of carbonyl (C=O) groups excluding carboxylic acids is 1. The van der Waals surface area contributed by atoms with Crippen molar-refractivity contribution >= 4 is 11.7 Å². The molecule has 2 aromatic rings. The van der Waals surface area contributed by atoms with Crippen molar-refractivity contribution in [3.05, 3.63) is 59.7 Å². The molecule has 146 valence electrons. The maximum Gasteiger partial charge on any atom is 0.338 e. The van der Waals surface area contributed by atoms with Crippen LogP contribution in [0, 0.1) is 0 Å². The van der Waals surface area contributed by atoms with E-state index in [4.69, 9.17) is 15.2 Å². The number of rotatable bonds is 12. The highest BCUT2D eigenvalue weighted by atomic mass is 16.5. The average molecular weight is 370 g/mol. The van der Waals surface area contributed by atoms with Crippen LogP contribution in [0.15, 0.2) is 48.5 Å². The van der Waals surface area contributed by atoms with Gasteiger partial charge in [-0.05, 0) is 30.2 Å². The molecule has 0 unspecified atom stereocenters. The van der Waals surface area contributed by atoms with Gasteiger partial charge in [0, 0.05) is 0 Å². The fourth-order valence-corrected chi connectivity index (χ4v) is 2.83. The lowest BCUT2D eigenvalue weighted by Crippen LogP contribution is -2.07. The molecule has 4 nitrogen and oxygen atoms in total. The predicted molar refractivity (Wildman–Crippen MR) is 110 cm³/mol. The molecule has 2 rings (SSSR count). The maximum atomic E-state index is 12.3. The largest absolute Gasteiger partial charge is 0.491 e. The molecule has 0 aromatic heterocycles. The lowest BCUT2D eigenvalue weighted by molar-refractivity contribution is 0.0472. The highest BCUT2D eigenvalue weighted by Crippen LogP contribution is 2.24. The number of hydrogen-bond donors (Lipinski definition) is 1. The Balaban J connectivity index is 1.76. The quantitative estimate of drug-likeness (QED) is 0.294. The van der Waals surface area contributed by atoms with Crippen LogP contribution < -0.4 is 10.5 Å². The summed E-state index contributed by atoms with van der Waals surface area (Å²) >= 11 is 0. The Morgan fingerprint density at radius 2 is 1.63 bits per heavy atom. The second kappa shape index (κ2) is 12.0. The normalized spacial score (nSPS) is 10.6. The van der Waals surface area contributed by atoms with E-state index < -0.39 is 0 Å². The van der Waals surface area contributed by atoms with Crippen LogP contribution in [0.5, 0.6) is 5.75 Å². The highest BCUT2D eigenvalue weighted by Gasteiger charge is 2.11. The van der Waals surface area contributed by atoms with Crippen molar-refractivity contribution in [3.8, 4) is 5.75 Å². The van der Waals surface area contributed by atoms with Gasteiger partial charge in [0.05, 0.1) is 17.9 Å². The summed E-state index contributed by atoms with van der Waals surface area (Å²) in [6, 6.07) is 14.6. The zero-order valence-electron chi connectivity index (χ0n) is 16.3. The number of anilines is 1. The Morgan fingerprint density at radius 1 is 0.926 bits per heavy atom. The van der Waals surface area contributed by atoms with Crippen LogP contribution in [0.25, 0.3) is 0 Å². The first-order chi connectivity index (χ1) is 13.2. The third-order valence-corrected chi connectivity index (χ3v) is 4.47. The van der Waals surface area contributed by atoms with Crippen molar-refractivity contribution < 1.29 is 14.3 Å². The number of hydrogen-bond acceptors (Lipinski definition) is 4. The van der Waals surface area contributed by atoms with Gasteiger partial charge in [0.2, 0.25) is 0 Å². The van der Waals surface area contributed by atoms with E-state index in [9.17, 15) is 4.79 Å². The minimum absolute atomic E-state index is 0.248. The average Bonchev–Trinajstić information content (AvgIpc) is 2.70. The van der Waals surface area contributed by atoms with E-state index in [1.807, 2.05) is 30.3 Å². The van der Waals surface area contributed by atoms with Crippen LogP contribution in [0.1, 0.15) is 67.8 Å². The van der Waals surface area contributed by atoms with Gasteiger partial charge in [-0.3, -0.25) is 0 Å². The van der Waals surface area contributed by atoms with Gasteiger partial charge < -0.3 is 15.2 Å². The maximum absolute atomic E-state index is 12.3. The number of nitrogen functional groups attached to an aromatic ring is 1. The molecule has 0 atom stereocenters. The molecule has 0 aliphatic rings. The third-order valence-electron chi connectivity index (χ3n) is 4.47. The summed E-state index contributed by atoms with van der Waals surface area (Å²) in [7, 11) is 0. The SMILES string of the molecule is CCCCCCCCCOc1cc(C(=O)OCc2ccccc2)ccc1N. The number of esters is 1. The van der Waals surface area contributed by atoms with E-state index in [0.29, 0.717) is 23.6 Å². The van der Waals surface area contributed by atoms with Gasteiger partial charge >= 0.3 is 5.97 Å². The highest BCUT2D eigenvalue weighted by molar-refractivity contribution is 5.90. The number of benzene rings is 2. The van der Waals surface area contributed by atoms with Gasteiger partial charge in [0.25, 0.3) is 0 Å². The van der Waals surface area contributed by atoms with Crippen molar-refractivity contribution in [2.75, 3.05) is 12.3 Å². The molecule has 0 saturated heterocycles. The monoisotopic (exact) mass is 369 g/mol. The summed E-state index contributed by atoms with van der Waals surface area (Å²) in [5.41, 5.74) is 7.92. The molecular weight excluding hydrogens is 338 g/mol. The van der Waals surface area contributed by atoms with Crippen LogP contribution in [-0.2, 0) is 11.3 Å². The topological polar surface area (TPSA) is 61.5 Å². The van der Waals surface area contributed by atoms with Crippen molar-refractivity contribution in [3.63, 3.8) is 0 Å². The lowest BCUT2D eigenvalue weighted by Gasteiger charge is -2.11. The van der Waals surface area contributed by atoms with E-state index in [0.717, 1.165) is 18.4 Å². The van der Waals surface area contributed by atoms with Crippen molar-refractivity contribution in [1.29, 1.82) is 0 Å². The smallest absolute Gasteiger partial charge is 0.338 e. The van der Waals surface area contributed by atoms with Gasteiger partial charge in [0.15, 0.2) is 0 Å². The minimum atomic E-state index is -0.375. The van der Waals surface area contributed by atoms with Crippen LogP contribution in [0.4, 0.5) is 5.69 Å². The van der Waals surface area contributed by atoms with Crippen LogP contribution in [0.2, 0.25) is 0 Å². The molecule has 4 heteroatoms. The standard InChI is InChI=1S/C23H31NO3/c1-2-3-4-5-6-7-11-16-26-22-17-20(14-15-21(22)24)23(25)27-18-19-12-9-8-10-13-19/h8-10,12-15,17H,2-7,11,16,18,24H2,1H3. The van der Waals surface area contributed by atoms with Crippen LogP contribution in [0.3, 0.4) is 0 Å². The fraction of sp³-hybridized carbons (Fsp3) is 0.435. The first-order valence-electron chi connectivity index (χ1n) is 9.94. The molecule has 0 spiro atoms. The summed E-state index contributed by atoms with van der Waals surface area (Å²) in [5, 5.41) is 0. The number of carbonyl (C=O) groups is 1. The van der Waals surface area contributed by atoms with Crippen molar-refractivity contribution in [2.24, 2.45) is 0 Å². The fourth-order valence-electron chi connectivity index (χ4n) is 2.83. The summed E-state index contributed by atoms with van der Waals surface area (Å²) < 4.78 is 11.1. The van der Waals surface area contributed by atoms with Crippen molar-refractivity contribution in [2.45, 2.75) is 58.5 Å². The van der Waals surface area contributed by atoms with Gasteiger partial charge in [-0.15, -0.1) is 0 Å². The van der Waals surface area contributed by atoms with E-state index in [1.165, 1.54) is 32.1 Å². The van der Waals surface area contributed by atoms with E-state index in [2.05, 4.69) is 6.92 Å². The molecule has 2 aromatic carbocycles. The predicted octanol–water partition coefficient (Wildman–Crippen LogP) is 5.76. The second-order valence-electron chi connectivity index (χ2n) is 6.78. The molecular formula is C23H31NO3. The van der Waals surface area contributed by atoms with Crippen LogP contribution in [-0.4, -0.2) is 12.6 Å². The van der Waals surface area contributed by atoms with Gasteiger partial charge in [0.1, 0.15) is 12.4 Å². The molecule has 0 bridgehead atoms. The Hall–Kier alpha value is -2.49. The molecule has 0 heterocycles. The number of unbranched alkanes of at least 4 members (excludes halogenated alkanes) is 6. The van der Waals surface area contributed by atoms with Gasteiger partial charge in [-0.1, -0.05) is 75.8 Å². The van der Waals surface area contributed by atoms with Gasteiger partial charge in [-0.2, -0.15) is 0 Å². The van der Waals surface area contributed by atoms with E-state index in [-0.39, 0.29) is 12.6 Å². The number of nitrogens with two attached hydrogens (primary N) is 1. The Bertz CT molecular complexity index is 685. The summed E-state index contributed by atoms with van der Waals surface area (Å²) in [5.74, 6) is 0.176. The Kier molecular flexibility index (Phi) is 9.25. The molecule has 2 N–H and O–H groups in total. The van der Waals surface area contributed by atoms with Crippen molar-refractivity contribution in [1.82, 2.24) is 0 Å². The lowest BCUT2D eigenvalue weighted by atomic mass is 10.1. The summed E-state index contributed by atoms with van der Waals surface area (Å²) in [6.45, 7) is 3.09. The number of ether oxygens (including phenoxy) is 2. The minimum Gasteiger partial charge on any atom is -0.491 e. The zero-order valence-corrected chi connectivity index (χ0v) is 16.3. The van der Waals surface area contributed by atoms with E-state index in [1.54, 1.807) is 18.2 Å².